The normalized spacial score (nSPS) is 57.4. The Balaban J connectivity index is 1.50. The van der Waals surface area contributed by atoms with Gasteiger partial charge in [-0.15, -0.1) is 0 Å². The molecule has 5 aliphatic rings. The molecule has 11 heteroatoms. The highest BCUT2D eigenvalue weighted by atomic mass is 16.7. The van der Waals surface area contributed by atoms with Crippen molar-refractivity contribution >= 4 is 5.97 Å². The van der Waals surface area contributed by atoms with Gasteiger partial charge in [0.25, 0.3) is 0 Å². The van der Waals surface area contributed by atoms with Crippen molar-refractivity contribution in [3.8, 4) is 0 Å². The van der Waals surface area contributed by atoms with E-state index in [1.165, 1.54) is 0 Å². The lowest BCUT2D eigenvalue weighted by atomic mass is 9.39. The maximum atomic E-state index is 12.4. The minimum absolute atomic E-state index is 0.120. The first-order valence-corrected chi connectivity index (χ1v) is 13.5. The monoisotopic (exact) mass is 530 g/mol. The summed E-state index contributed by atoms with van der Waals surface area (Å²) in [6.45, 7) is 2.64. The molecule has 4 aliphatic carbocycles. The van der Waals surface area contributed by atoms with Gasteiger partial charge in [0.15, 0.2) is 6.29 Å². The Hall–Kier alpha value is -0.890. The predicted molar refractivity (Wildman–Crippen MR) is 126 cm³/mol. The van der Waals surface area contributed by atoms with Gasteiger partial charge in [0.2, 0.25) is 0 Å². The van der Waals surface area contributed by atoms with Gasteiger partial charge in [-0.3, -0.25) is 4.79 Å². The molecule has 0 amide bonds. The zero-order valence-electron chi connectivity index (χ0n) is 21.4. The lowest BCUT2D eigenvalue weighted by Gasteiger charge is -2.66. The molecule has 0 aromatic heterocycles. The quantitative estimate of drug-likeness (QED) is 0.216. The van der Waals surface area contributed by atoms with Crippen LogP contribution in [0.4, 0.5) is 0 Å². The summed E-state index contributed by atoms with van der Waals surface area (Å²) in [6, 6.07) is 0. The van der Waals surface area contributed by atoms with E-state index in [0.717, 1.165) is 6.42 Å². The number of carboxylic acids is 1. The van der Waals surface area contributed by atoms with Crippen molar-refractivity contribution in [1.29, 1.82) is 0 Å². The maximum absolute atomic E-state index is 12.4. The van der Waals surface area contributed by atoms with E-state index in [0.29, 0.717) is 32.1 Å². The van der Waals surface area contributed by atoms with E-state index in [1.54, 1.807) is 6.92 Å². The number of ether oxygens (including phenoxy) is 2. The molecule has 1 saturated heterocycles. The first-order valence-electron chi connectivity index (χ1n) is 13.5. The number of aliphatic carboxylic acids is 1. The third-order valence-electron chi connectivity index (χ3n) is 11.3. The number of hydrogen-bond acceptors (Lipinski definition) is 10. The number of aliphatic hydroxyl groups is 7. The number of fused-ring (bicyclic) bond motifs is 3. The van der Waals surface area contributed by atoms with Gasteiger partial charge in [-0.05, 0) is 62.7 Å². The topological polar surface area (TPSA) is 197 Å². The van der Waals surface area contributed by atoms with Crippen LogP contribution in [0, 0.1) is 34.0 Å². The van der Waals surface area contributed by atoms with E-state index in [1.807, 2.05) is 6.92 Å². The smallest absolute Gasteiger partial charge is 0.309 e. The van der Waals surface area contributed by atoms with Crippen molar-refractivity contribution in [3.63, 3.8) is 0 Å². The van der Waals surface area contributed by atoms with Crippen molar-refractivity contribution in [3.05, 3.63) is 0 Å². The molecule has 8 N–H and O–H groups in total. The molecule has 1 heterocycles. The second-order valence-corrected chi connectivity index (χ2v) is 13.0. The van der Waals surface area contributed by atoms with Crippen LogP contribution in [0.1, 0.15) is 58.8 Å². The van der Waals surface area contributed by atoms with E-state index >= 15 is 0 Å². The maximum Gasteiger partial charge on any atom is 0.309 e. The third-order valence-corrected chi connectivity index (χ3v) is 11.3. The molecule has 1 aliphatic heterocycles. The van der Waals surface area contributed by atoms with Gasteiger partial charge in [0.1, 0.15) is 24.4 Å². The number of carboxylic acid groups (broad SMARTS) is 1. The molecule has 4 saturated carbocycles. The number of rotatable bonds is 5. The van der Waals surface area contributed by atoms with Crippen molar-refractivity contribution in [1.82, 2.24) is 0 Å². The average molecular weight is 531 g/mol. The summed E-state index contributed by atoms with van der Waals surface area (Å²) in [4.78, 5) is 12.4. The Morgan fingerprint density at radius 1 is 0.973 bits per heavy atom. The van der Waals surface area contributed by atoms with E-state index in [9.17, 15) is 45.6 Å². The van der Waals surface area contributed by atoms with Crippen LogP contribution in [0.25, 0.3) is 0 Å². The molecule has 1 spiro atoms. The average Bonchev–Trinajstić information content (AvgIpc) is 3.10. The molecule has 14 atom stereocenters. The van der Waals surface area contributed by atoms with Crippen LogP contribution in [-0.2, 0) is 14.3 Å². The van der Waals surface area contributed by atoms with Crippen molar-refractivity contribution in [2.45, 2.75) is 107 Å². The van der Waals surface area contributed by atoms with Gasteiger partial charge >= 0.3 is 5.97 Å². The Kier molecular flexibility index (Phi) is 6.78. The van der Waals surface area contributed by atoms with Gasteiger partial charge in [-0.1, -0.05) is 13.3 Å². The molecule has 0 aromatic carbocycles. The SMILES string of the molecule is C[C@@]12CCC[C@@](C)(C(=O)O)[C@H]1[C@H](O)[C@H](O)[C@@]13C[C@H](CC[C@@H]21)[C@](CO)(O[C@@H]1O[C@H](CO)[C@@H](O)[C@H](O)[C@H]1O)C3. The Morgan fingerprint density at radius 2 is 1.68 bits per heavy atom. The lowest BCUT2D eigenvalue weighted by molar-refractivity contribution is -0.335. The van der Waals surface area contributed by atoms with Crippen LogP contribution in [-0.4, -0.2) is 109 Å². The standard InChI is InChI=1S/C26H42O11/c1-23-6-3-7-24(2,22(34)35)19(23)18(32)20(33)25-8-12(4-5-14(23)25)26(10-25,11-28)37-21-17(31)16(30)15(29)13(9-27)36-21/h12-21,27-33H,3-11H2,1-2H3,(H,34,35)/t12-,13+,14-,15+,16-,17+,18-,19-,20-,21-,23-,24+,25+,26-/m0/s1. The number of hydrogen-bond donors (Lipinski definition) is 8. The third kappa shape index (κ3) is 3.62. The summed E-state index contributed by atoms with van der Waals surface area (Å²) in [7, 11) is 0. The highest BCUT2D eigenvalue weighted by molar-refractivity contribution is 5.75. The van der Waals surface area contributed by atoms with Crippen LogP contribution in [0.2, 0.25) is 0 Å². The van der Waals surface area contributed by atoms with Crippen molar-refractivity contribution in [2.24, 2.45) is 34.0 Å². The fraction of sp³-hybridized carbons (Fsp3) is 0.962. The fourth-order valence-corrected chi connectivity index (χ4v) is 9.67. The van der Waals surface area contributed by atoms with Crippen molar-refractivity contribution in [2.75, 3.05) is 13.2 Å². The van der Waals surface area contributed by atoms with Crippen LogP contribution in [0.3, 0.4) is 0 Å². The second-order valence-electron chi connectivity index (χ2n) is 13.0. The molecule has 0 aromatic rings. The molecule has 5 rings (SSSR count). The summed E-state index contributed by atoms with van der Waals surface area (Å²) < 4.78 is 11.8. The molecule has 212 valence electrons. The first kappa shape index (κ1) is 27.7. The zero-order chi connectivity index (χ0) is 27.1. The minimum Gasteiger partial charge on any atom is -0.481 e. The summed E-state index contributed by atoms with van der Waals surface area (Å²) in [6.07, 6.45) is -6.18. The molecule has 11 nitrogen and oxygen atoms in total. The van der Waals surface area contributed by atoms with Gasteiger partial charge in [-0.2, -0.15) is 0 Å². The van der Waals surface area contributed by atoms with E-state index in [2.05, 4.69) is 0 Å². The van der Waals surface area contributed by atoms with E-state index < -0.39 is 89.9 Å². The summed E-state index contributed by atoms with van der Waals surface area (Å²) in [5, 5.41) is 84.6. The molecule has 5 fully saturated rings. The minimum atomic E-state index is -1.63. The van der Waals surface area contributed by atoms with Gasteiger partial charge < -0.3 is 50.3 Å². The molecule has 0 unspecified atom stereocenters. The Labute approximate surface area is 216 Å². The van der Waals surface area contributed by atoms with Crippen LogP contribution in [0.5, 0.6) is 0 Å². The van der Waals surface area contributed by atoms with E-state index in [-0.39, 0.29) is 18.3 Å². The Morgan fingerprint density at radius 3 is 2.30 bits per heavy atom. The molecular formula is C26H42O11. The van der Waals surface area contributed by atoms with Crippen molar-refractivity contribution < 1.29 is 55.1 Å². The van der Waals surface area contributed by atoms with Crippen LogP contribution in [0.15, 0.2) is 0 Å². The molecular weight excluding hydrogens is 488 g/mol. The van der Waals surface area contributed by atoms with Gasteiger partial charge in [-0.25, -0.2) is 0 Å². The van der Waals surface area contributed by atoms with Crippen LogP contribution < -0.4 is 0 Å². The zero-order valence-corrected chi connectivity index (χ0v) is 21.4. The first-order chi connectivity index (χ1) is 17.3. The van der Waals surface area contributed by atoms with Gasteiger partial charge in [0, 0.05) is 11.3 Å². The largest absolute Gasteiger partial charge is 0.481 e. The molecule has 2 bridgehead atoms. The van der Waals surface area contributed by atoms with E-state index in [4.69, 9.17) is 9.47 Å². The number of carbonyl (C=O) groups is 1. The second kappa shape index (κ2) is 9.07. The summed E-state index contributed by atoms with van der Waals surface area (Å²) in [5.74, 6) is -1.98. The predicted octanol–water partition coefficient (Wildman–Crippen LogP) is -1.03. The van der Waals surface area contributed by atoms with Gasteiger partial charge in [0.05, 0.1) is 36.4 Å². The number of aliphatic hydroxyl groups excluding tert-OH is 7. The fourth-order valence-electron chi connectivity index (χ4n) is 9.67. The summed E-state index contributed by atoms with van der Waals surface area (Å²) in [5.41, 5.74) is -3.84. The highest BCUT2D eigenvalue weighted by Gasteiger charge is 2.74. The summed E-state index contributed by atoms with van der Waals surface area (Å²) >= 11 is 0. The lowest BCUT2D eigenvalue weighted by Crippen LogP contribution is -2.69. The Bertz CT molecular complexity index is 900. The highest BCUT2D eigenvalue weighted by Crippen LogP contribution is 2.73. The molecule has 37 heavy (non-hydrogen) atoms. The molecule has 0 radical (unpaired) electrons. The van der Waals surface area contributed by atoms with Crippen LogP contribution >= 0.6 is 0 Å².